The third-order valence-electron chi connectivity index (χ3n) is 3.92. The molecule has 0 fully saturated rings. The van der Waals surface area contributed by atoms with Gasteiger partial charge in [0.05, 0.1) is 5.69 Å². The summed E-state index contributed by atoms with van der Waals surface area (Å²) in [5.74, 6) is 0.497. The molecule has 3 rings (SSSR count). The summed E-state index contributed by atoms with van der Waals surface area (Å²) in [4.78, 5) is 7.58. The number of hydrogen-bond acceptors (Lipinski definition) is 4. The van der Waals surface area contributed by atoms with Crippen LogP contribution in [-0.4, -0.2) is 11.5 Å². The number of rotatable bonds is 6. The van der Waals surface area contributed by atoms with Crippen molar-refractivity contribution < 1.29 is 0 Å². The summed E-state index contributed by atoms with van der Waals surface area (Å²) in [7, 11) is 0. The van der Waals surface area contributed by atoms with E-state index in [1.807, 2.05) is 22.7 Å². The molecule has 1 N–H and O–H groups in total. The van der Waals surface area contributed by atoms with E-state index in [0.717, 1.165) is 24.5 Å². The van der Waals surface area contributed by atoms with Gasteiger partial charge in [-0.3, -0.25) is 0 Å². The van der Waals surface area contributed by atoms with Gasteiger partial charge in [-0.25, -0.2) is 4.98 Å². The number of aromatic nitrogens is 1. The van der Waals surface area contributed by atoms with Crippen LogP contribution in [0.1, 0.15) is 42.1 Å². The Morgan fingerprint density at radius 2 is 1.95 bits per heavy atom. The second-order valence-corrected chi connectivity index (χ2v) is 7.76. The Balaban J connectivity index is 1.69. The topological polar surface area (TPSA) is 24.9 Å². The standard InChI is InChI=1S/C18H22N2S2/c1-4-14-15(5-2)22-18(20-14)19-11-12(3)17-10-13-8-6-7-9-16(13)21-17/h6-10,12H,4-5,11H2,1-3H3,(H,19,20). The van der Waals surface area contributed by atoms with E-state index in [1.54, 1.807) is 0 Å². The zero-order chi connectivity index (χ0) is 15.5. The van der Waals surface area contributed by atoms with E-state index in [9.17, 15) is 0 Å². The SMILES string of the molecule is CCc1nc(NCC(C)c2cc3ccccc3s2)sc1CC. The van der Waals surface area contributed by atoms with Gasteiger partial charge >= 0.3 is 0 Å². The van der Waals surface area contributed by atoms with Crippen molar-refractivity contribution in [3.8, 4) is 0 Å². The zero-order valence-electron chi connectivity index (χ0n) is 13.3. The number of hydrogen-bond donors (Lipinski definition) is 1. The van der Waals surface area contributed by atoms with Crippen LogP contribution < -0.4 is 5.32 Å². The van der Waals surface area contributed by atoms with Gasteiger partial charge in [0, 0.05) is 26.9 Å². The van der Waals surface area contributed by atoms with Crippen LogP contribution in [0.25, 0.3) is 10.1 Å². The Bertz CT molecular complexity index is 703. The van der Waals surface area contributed by atoms with Crippen molar-refractivity contribution >= 4 is 37.9 Å². The molecule has 0 aliphatic heterocycles. The van der Waals surface area contributed by atoms with Crippen molar-refractivity contribution in [1.29, 1.82) is 0 Å². The summed E-state index contributed by atoms with van der Waals surface area (Å²) in [5, 5.41) is 5.95. The molecule has 2 nitrogen and oxygen atoms in total. The molecule has 3 aromatic rings. The third-order valence-corrected chi connectivity index (χ3v) is 6.47. The van der Waals surface area contributed by atoms with Crippen molar-refractivity contribution in [2.24, 2.45) is 0 Å². The summed E-state index contributed by atoms with van der Waals surface area (Å²) in [5.41, 5.74) is 1.25. The zero-order valence-corrected chi connectivity index (χ0v) is 15.0. The van der Waals surface area contributed by atoms with Gasteiger partial charge < -0.3 is 5.32 Å². The quantitative estimate of drug-likeness (QED) is 0.627. The molecule has 2 heterocycles. The molecule has 22 heavy (non-hydrogen) atoms. The predicted octanol–water partition coefficient (Wildman–Crippen LogP) is 5.70. The van der Waals surface area contributed by atoms with E-state index >= 15 is 0 Å². The number of benzene rings is 1. The molecule has 0 amide bonds. The molecule has 0 saturated carbocycles. The monoisotopic (exact) mass is 330 g/mol. The van der Waals surface area contributed by atoms with E-state index < -0.39 is 0 Å². The van der Waals surface area contributed by atoms with Gasteiger partial charge in [-0.2, -0.15) is 0 Å². The van der Waals surface area contributed by atoms with Crippen molar-refractivity contribution in [2.45, 2.75) is 39.5 Å². The molecule has 1 unspecified atom stereocenters. The van der Waals surface area contributed by atoms with Gasteiger partial charge in [0.1, 0.15) is 0 Å². The highest BCUT2D eigenvalue weighted by Gasteiger charge is 2.12. The van der Waals surface area contributed by atoms with Crippen molar-refractivity contribution in [2.75, 3.05) is 11.9 Å². The lowest BCUT2D eigenvalue weighted by atomic mass is 10.1. The lowest BCUT2D eigenvalue weighted by molar-refractivity contribution is 0.821. The van der Waals surface area contributed by atoms with Gasteiger partial charge in [-0.1, -0.05) is 39.0 Å². The molecule has 0 spiro atoms. The Morgan fingerprint density at radius 1 is 1.14 bits per heavy atom. The molecule has 0 bridgehead atoms. The molecule has 0 radical (unpaired) electrons. The number of nitrogens with one attached hydrogen (secondary N) is 1. The van der Waals surface area contributed by atoms with Crippen LogP contribution >= 0.6 is 22.7 Å². The van der Waals surface area contributed by atoms with Crippen LogP contribution in [-0.2, 0) is 12.8 Å². The first-order valence-electron chi connectivity index (χ1n) is 7.92. The van der Waals surface area contributed by atoms with Crippen LogP contribution in [0.15, 0.2) is 30.3 Å². The number of thiazole rings is 1. The normalized spacial score (nSPS) is 12.7. The number of anilines is 1. The Morgan fingerprint density at radius 3 is 2.64 bits per heavy atom. The first kappa shape index (κ1) is 15.5. The van der Waals surface area contributed by atoms with Gasteiger partial charge in [0.15, 0.2) is 5.13 Å². The highest BCUT2D eigenvalue weighted by atomic mass is 32.1. The minimum absolute atomic E-state index is 0.497. The second-order valence-electron chi connectivity index (χ2n) is 5.56. The van der Waals surface area contributed by atoms with Crippen LogP contribution in [0, 0.1) is 0 Å². The van der Waals surface area contributed by atoms with E-state index in [2.05, 4.69) is 56.4 Å². The summed E-state index contributed by atoms with van der Waals surface area (Å²) in [6.45, 7) is 7.60. The molecule has 1 aromatic carbocycles. The summed E-state index contributed by atoms with van der Waals surface area (Å²) < 4.78 is 1.38. The molecular formula is C18H22N2S2. The molecule has 4 heteroatoms. The summed E-state index contributed by atoms with van der Waals surface area (Å²) in [6.07, 6.45) is 2.10. The Kier molecular flexibility index (Phi) is 4.79. The van der Waals surface area contributed by atoms with Crippen LogP contribution in [0.4, 0.5) is 5.13 Å². The van der Waals surface area contributed by atoms with Crippen LogP contribution in [0.2, 0.25) is 0 Å². The fraction of sp³-hybridized carbons (Fsp3) is 0.389. The maximum Gasteiger partial charge on any atom is 0.183 e. The fourth-order valence-corrected chi connectivity index (χ4v) is 4.71. The molecular weight excluding hydrogens is 308 g/mol. The maximum atomic E-state index is 4.72. The second kappa shape index (κ2) is 6.80. The number of fused-ring (bicyclic) bond motifs is 1. The maximum absolute atomic E-state index is 4.72. The number of thiophene rings is 1. The summed E-state index contributed by atoms with van der Waals surface area (Å²) >= 11 is 3.71. The fourth-order valence-electron chi connectivity index (χ4n) is 2.60. The molecule has 116 valence electrons. The van der Waals surface area contributed by atoms with E-state index in [4.69, 9.17) is 4.98 Å². The van der Waals surface area contributed by atoms with Gasteiger partial charge in [-0.05, 0) is 30.4 Å². The largest absolute Gasteiger partial charge is 0.361 e. The van der Waals surface area contributed by atoms with E-state index in [1.165, 1.54) is 25.5 Å². The first-order valence-corrected chi connectivity index (χ1v) is 9.55. The van der Waals surface area contributed by atoms with Gasteiger partial charge in [0.2, 0.25) is 0 Å². The van der Waals surface area contributed by atoms with Crippen LogP contribution in [0.3, 0.4) is 0 Å². The lowest BCUT2D eigenvalue weighted by Crippen LogP contribution is -2.08. The Hall–Kier alpha value is -1.39. The molecule has 1 atom stereocenters. The molecule has 0 aliphatic carbocycles. The van der Waals surface area contributed by atoms with Gasteiger partial charge in [-0.15, -0.1) is 22.7 Å². The molecule has 0 saturated heterocycles. The van der Waals surface area contributed by atoms with Crippen LogP contribution in [0.5, 0.6) is 0 Å². The van der Waals surface area contributed by atoms with E-state index in [0.29, 0.717) is 5.92 Å². The molecule has 2 aromatic heterocycles. The third kappa shape index (κ3) is 3.18. The number of aryl methyl sites for hydroxylation is 2. The van der Waals surface area contributed by atoms with Gasteiger partial charge in [0.25, 0.3) is 0 Å². The predicted molar refractivity (Wildman–Crippen MR) is 99.6 cm³/mol. The minimum Gasteiger partial charge on any atom is -0.361 e. The summed E-state index contributed by atoms with van der Waals surface area (Å²) in [6, 6.07) is 10.9. The average Bonchev–Trinajstić information content (AvgIpc) is 3.15. The molecule has 0 aliphatic rings. The van der Waals surface area contributed by atoms with Crippen molar-refractivity contribution in [3.63, 3.8) is 0 Å². The smallest absolute Gasteiger partial charge is 0.183 e. The lowest BCUT2D eigenvalue weighted by Gasteiger charge is -2.09. The average molecular weight is 331 g/mol. The minimum atomic E-state index is 0.497. The highest BCUT2D eigenvalue weighted by Crippen LogP contribution is 2.31. The highest BCUT2D eigenvalue weighted by molar-refractivity contribution is 7.19. The van der Waals surface area contributed by atoms with Crippen molar-refractivity contribution in [3.05, 3.63) is 45.8 Å². The first-order chi connectivity index (χ1) is 10.7. The Labute approximate surface area is 140 Å². The van der Waals surface area contributed by atoms with Crippen molar-refractivity contribution in [1.82, 2.24) is 4.98 Å². The number of nitrogens with zero attached hydrogens (tertiary/aromatic N) is 1. The van der Waals surface area contributed by atoms with E-state index in [-0.39, 0.29) is 0 Å².